The van der Waals surface area contributed by atoms with Crippen molar-refractivity contribution in [1.82, 2.24) is 10.2 Å². The summed E-state index contributed by atoms with van der Waals surface area (Å²) in [5.74, 6) is -0.291. The first kappa shape index (κ1) is 26.3. The number of hydrogen-bond acceptors (Lipinski definition) is 3. The summed E-state index contributed by atoms with van der Waals surface area (Å²) >= 11 is 0. The second-order valence-corrected chi connectivity index (χ2v) is 9.86. The molecule has 4 rings (SSSR count). The molecule has 1 N–H and O–H groups in total. The third kappa shape index (κ3) is 6.53. The number of fused-ring (bicyclic) bond motifs is 1. The van der Waals surface area contributed by atoms with E-state index in [9.17, 15) is 18.4 Å². The van der Waals surface area contributed by atoms with E-state index in [-0.39, 0.29) is 35.9 Å². The molecule has 5 nitrogen and oxygen atoms in total. The maximum Gasteiger partial charge on any atom is 0.261 e. The molecule has 0 saturated carbocycles. The van der Waals surface area contributed by atoms with Gasteiger partial charge in [0.2, 0.25) is 5.91 Å². The van der Waals surface area contributed by atoms with E-state index in [1.165, 1.54) is 24.3 Å². The van der Waals surface area contributed by atoms with E-state index < -0.39 is 12.1 Å². The Balaban J connectivity index is 1.55. The van der Waals surface area contributed by atoms with Crippen molar-refractivity contribution in [2.45, 2.75) is 52.3 Å². The highest BCUT2D eigenvalue weighted by Crippen LogP contribution is 2.38. The summed E-state index contributed by atoms with van der Waals surface area (Å²) in [4.78, 5) is 27.6. The highest BCUT2D eigenvalue weighted by molar-refractivity contribution is 5.80. The Kier molecular flexibility index (Phi) is 8.21. The summed E-state index contributed by atoms with van der Waals surface area (Å²) in [5, 5.41) is 2.80. The van der Waals surface area contributed by atoms with E-state index in [1.807, 2.05) is 43.0 Å². The van der Waals surface area contributed by atoms with E-state index in [2.05, 4.69) is 5.32 Å². The summed E-state index contributed by atoms with van der Waals surface area (Å²) in [6.45, 7) is 6.46. The van der Waals surface area contributed by atoms with E-state index in [4.69, 9.17) is 4.74 Å². The van der Waals surface area contributed by atoms with Gasteiger partial charge in [-0.2, -0.15) is 0 Å². The van der Waals surface area contributed by atoms with Crippen LogP contribution in [0.4, 0.5) is 8.78 Å². The second kappa shape index (κ2) is 11.5. The number of nitrogens with zero attached hydrogens (tertiary/aromatic N) is 1. The van der Waals surface area contributed by atoms with Gasteiger partial charge in [-0.1, -0.05) is 44.2 Å². The zero-order valence-corrected chi connectivity index (χ0v) is 21.3. The molecule has 0 aliphatic carbocycles. The van der Waals surface area contributed by atoms with Crippen LogP contribution in [0.25, 0.3) is 0 Å². The molecule has 0 radical (unpaired) electrons. The predicted molar refractivity (Wildman–Crippen MR) is 138 cm³/mol. The zero-order chi connectivity index (χ0) is 26.5. The van der Waals surface area contributed by atoms with E-state index in [1.54, 1.807) is 25.1 Å². The molecule has 7 heteroatoms. The summed E-state index contributed by atoms with van der Waals surface area (Å²) in [6.07, 6.45) is 0.301. The van der Waals surface area contributed by atoms with Crippen LogP contribution in [0.3, 0.4) is 0 Å². The van der Waals surface area contributed by atoms with Gasteiger partial charge < -0.3 is 15.0 Å². The highest BCUT2D eigenvalue weighted by atomic mass is 19.1. The van der Waals surface area contributed by atoms with Gasteiger partial charge in [-0.05, 0) is 77.9 Å². The van der Waals surface area contributed by atoms with Crippen molar-refractivity contribution in [3.05, 3.63) is 101 Å². The monoisotopic (exact) mass is 506 g/mol. The van der Waals surface area contributed by atoms with E-state index in [0.29, 0.717) is 30.7 Å². The van der Waals surface area contributed by atoms with Crippen molar-refractivity contribution in [2.24, 2.45) is 5.92 Å². The lowest BCUT2D eigenvalue weighted by molar-refractivity contribution is -0.134. The van der Waals surface area contributed by atoms with Crippen molar-refractivity contribution in [2.75, 3.05) is 6.54 Å². The van der Waals surface area contributed by atoms with Crippen molar-refractivity contribution < 1.29 is 23.1 Å². The molecule has 1 aliphatic rings. The zero-order valence-electron chi connectivity index (χ0n) is 21.3. The van der Waals surface area contributed by atoms with E-state index >= 15 is 0 Å². The number of ether oxygens (including phenoxy) is 1. The predicted octanol–water partition coefficient (Wildman–Crippen LogP) is 5.57. The van der Waals surface area contributed by atoms with Gasteiger partial charge in [0.25, 0.3) is 5.91 Å². The van der Waals surface area contributed by atoms with Gasteiger partial charge in [0, 0.05) is 19.5 Å². The van der Waals surface area contributed by atoms with Gasteiger partial charge in [-0.15, -0.1) is 0 Å². The number of nitrogens with one attached hydrogen (secondary N) is 1. The minimum Gasteiger partial charge on any atom is -0.481 e. The quantitative estimate of drug-likeness (QED) is 0.435. The van der Waals surface area contributed by atoms with Crippen molar-refractivity contribution in [3.63, 3.8) is 0 Å². The van der Waals surface area contributed by atoms with Crippen LogP contribution in [-0.4, -0.2) is 29.4 Å². The SMILES string of the molecule is CC(C)CC(=O)N1CCc2ccc(O[C@@H](C)C(=O)NCc3ccc(F)cc3)cc2[C@H]1c1cccc(F)c1. The maximum absolute atomic E-state index is 14.2. The molecule has 3 aromatic carbocycles. The van der Waals surface area contributed by atoms with Crippen LogP contribution < -0.4 is 10.1 Å². The molecule has 1 aliphatic heterocycles. The van der Waals surface area contributed by atoms with Crippen molar-refractivity contribution in [1.29, 1.82) is 0 Å². The van der Waals surface area contributed by atoms with Crippen LogP contribution in [0.15, 0.2) is 66.7 Å². The highest BCUT2D eigenvalue weighted by Gasteiger charge is 2.33. The molecule has 0 saturated heterocycles. The maximum atomic E-state index is 14.2. The Bertz CT molecular complexity index is 1260. The number of benzene rings is 3. The fourth-order valence-electron chi connectivity index (χ4n) is 4.63. The summed E-state index contributed by atoms with van der Waals surface area (Å²) < 4.78 is 33.3. The normalized spacial score (nSPS) is 15.7. The van der Waals surface area contributed by atoms with Gasteiger partial charge in [0.15, 0.2) is 6.10 Å². The molecule has 2 atom stereocenters. The first-order chi connectivity index (χ1) is 17.7. The molecule has 194 valence electrons. The van der Waals surface area contributed by atoms with Crippen LogP contribution in [0.1, 0.15) is 55.5 Å². The van der Waals surface area contributed by atoms with Gasteiger partial charge in [-0.25, -0.2) is 8.78 Å². The third-order valence-corrected chi connectivity index (χ3v) is 6.48. The van der Waals surface area contributed by atoms with E-state index in [0.717, 1.165) is 16.7 Å². The molecule has 0 fully saturated rings. The molecule has 1 heterocycles. The second-order valence-electron chi connectivity index (χ2n) is 9.86. The molecule has 2 amide bonds. The van der Waals surface area contributed by atoms with Gasteiger partial charge in [0.1, 0.15) is 17.4 Å². The summed E-state index contributed by atoms with van der Waals surface area (Å²) in [5.41, 5.74) is 3.40. The van der Waals surface area contributed by atoms with Crippen LogP contribution in [0, 0.1) is 17.6 Å². The molecule has 0 spiro atoms. The molecular formula is C30H32F2N2O3. The van der Waals surface area contributed by atoms with Crippen molar-refractivity contribution in [3.8, 4) is 5.75 Å². The first-order valence-electron chi connectivity index (χ1n) is 12.6. The topological polar surface area (TPSA) is 58.6 Å². The minimum absolute atomic E-state index is 0.0229. The van der Waals surface area contributed by atoms with Crippen LogP contribution in [0.2, 0.25) is 0 Å². The number of carbonyl (C=O) groups excluding carboxylic acids is 2. The van der Waals surface area contributed by atoms with Crippen LogP contribution >= 0.6 is 0 Å². The third-order valence-electron chi connectivity index (χ3n) is 6.48. The van der Waals surface area contributed by atoms with Crippen molar-refractivity contribution >= 4 is 11.8 Å². The van der Waals surface area contributed by atoms with Gasteiger partial charge in [0.05, 0.1) is 6.04 Å². The first-order valence-corrected chi connectivity index (χ1v) is 12.6. The average Bonchev–Trinajstić information content (AvgIpc) is 2.87. The standard InChI is InChI=1S/C30H32F2N2O3/c1-19(2)15-28(35)34-14-13-22-9-12-26(17-27(22)29(34)23-5-4-6-25(32)16-23)37-20(3)30(36)33-18-21-7-10-24(31)11-8-21/h4-12,16-17,19-20,29H,13-15,18H2,1-3H3,(H,33,36)/t20-,29+/m0/s1. The Morgan fingerprint density at radius 1 is 1.00 bits per heavy atom. The average molecular weight is 507 g/mol. The molecule has 3 aromatic rings. The lowest BCUT2D eigenvalue weighted by atomic mass is 9.87. The van der Waals surface area contributed by atoms with Crippen LogP contribution in [0.5, 0.6) is 5.75 Å². The van der Waals surface area contributed by atoms with Gasteiger partial charge >= 0.3 is 0 Å². The fourth-order valence-corrected chi connectivity index (χ4v) is 4.63. The molecule has 37 heavy (non-hydrogen) atoms. The number of rotatable bonds is 8. The number of halogens is 2. The number of carbonyl (C=O) groups is 2. The summed E-state index contributed by atoms with van der Waals surface area (Å²) in [6, 6.07) is 17.4. The van der Waals surface area contributed by atoms with Crippen LogP contribution in [-0.2, 0) is 22.6 Å². The summed E-state index contributed by atoms with van der Waals surface area (Å²) in [7, 11) is 0. The Labute approximate surface area is 216 Å². The molecule has 0 unspecified atom stereocenters. The van der Waals surface area contributed by atoms with Gasteiger partial charge in [-0.3, -0.25) is 9.59 Å². The Morgan fingerprint density at radius 2 is 1.76 bits per heavy atom. The number of hydrogen-bond donors (Lipinski definition) is 1. The lowest BCUT2D eigenvalue weighted by Gasteiger charge is -2.38. The Hall–Kier alpha value is -3.74. The molecular weight excluding hydrogens is 474 g/mol. The molecule has 0 aromatic heterocycles. The largest absolute Gasteiger partial charge is 0.481 e. The number of amides is 2. The smallest absolute Gasteiger partial charge is 0.261 e. The fraction of sp³-hybridized carbons (Fsp3) is 0.333. The molecule has 0 bridgehead atoms. The lowest BCUT2D eigenvalue weighted by Crippen LogP contribution is -2.41. The Morgan fingerprint density at radius 3 is 2.46 bits per heavy atom. The minimum atomic E-state index is -0.784.